The first-order chi connectivity index (χ1) is 9.13. The average Bonchev–Trinajstić information content (AvgIpc) is 3.20. The molecule has 3 aliphatic rings. The van der Waals surface area contributed by atoms with E-state index in [2.05, 4.69) is 5.32 Å². The molecule has 19 heavy (non-hydrogen) atoms. The van der Waals surface area contributed by atoms with Crippen LogP contribution in [0.15, 0.2) is 0 Å². The second-order valence-corrected chi connectivity index (χ2v) is 6.20. The van der Waals surface area contributed by atoms with Gasteiger partial charge >= 0.3 is 0 Å². The molecule has 0 atom stereocenters. The Morgan fingerprint density at radius 2 is 1.63 bits per heavy atom. The number of aliphatic hydroxyl groups is 1. The number of rotatable bonds is 3. The van der Waals surface area contributed by atoms with Gasteiger partial charge in [-0.1, -0.05) is 0 Å². The topological polar surface area (TPSA) is 69.6 Å². The highest BCUT2D eigenvalue weighted by Gasteiger charge is 2.37. The van der Waals surface area contributed by atoms with Crippen LogP contribution in [0.1, 0.15) is 38.5 Å². The molecule has 2 aliphatic carbocycles. The number of nitrogens with zero attached hydrogens (tertiary/aromatic N) is 1. The summed E-state index contributed by atoms with van der Waals surface area (Å²) < 4.78 is 0. The maximum atomic E-state index is 12.0. The first-order valence-corrected chi connectivity index (χ1v) is 7.40. The van der Waals surface area contributed by atoms with Crippen LogP contribution in [0.3, 0.4) is 0 Å². The van der Waals surface area contributed by atoms with Gasteiger partial charge in [-0.3, -0.25) is 9.59 Å². The first-order valence-electron chi connectivity index (χ1n) is 7.40. The highest BCUT2D eigenvalue weighted by atomic mass is 16.3. The molecule has 0 aromatic rings. The largest absolute Gasteiger partial charge is 0.393 e. The summed E-state index contributed by atoms with van der Waals surface area (Å²) >= 11 is 0. The molecule has 0 unspecified atom stereocenters. The van der Waals surface area contributed by atoms with Gasteiger partial charge in [-0.15, -0.1) is 0 Å². The minimum absolute atomic E-state index is 0.0426. The molecular formula is C14H22N2O3. The second kappa shape index (κ2) is 5.12. The van der Waals surface area contributed by atoms with Crippen molar-refractivity contribution in [2.75, 3.05) is 13.1 Å². The number of carbonyl (C=O) groups is 2. The van der Waals surface area contributed by atoms with E-state index in [1.54, 1.807) is 0 Å². The summed E-state index contributed by atoms with van der Waals surface area (Å²) in [6.07, 6.45) is 4.78. The van der Waals surface area contributed by atoms with Crippen molar-refractivity contribution < 1.29 is 14.7 Å². The van der Waals surface area contributed by atoms with E-state index in [-0.39, 0.29) is 29.9 Å². The van der Waals surface area contributed by atoms with Crippen LogP contribution in [-0.4, -0.2) is 47.1 Å². The van der Waals surface area contributed by atoms with Gasteiger partial charge in [0.2, 0.25) is 11.8 Å². The molecule has 0 radical (unpaired) electrons. The average molecular weight is 266 g/mol. The van der Waals surface area contributed by atoms with E-state index in [0.717, 1.165) is 38.8 Å². The fourth-order valence-electron chi connectivity index (χ4n) is 2.98. The van der Waals surface area contributed by atoms with Gasteiger partial charge in [0.05, 0.1) is 6.10 Å². The second-order valence-electron chi connectivity index (χ2n) is 6.20. The lowest BCUT2D eigenvalue weighted by molar-refractivity contribution is -0.137. The molecule has 1 heterocycles. The zero-order valence-electron chi connectivity index (χ0n) is 11.2. The summed E-state index contributed by atoms with van der Waals surface area (Å²) in [7, 11) is 0. The third-order valence-corrected chi connectivity index (χ3v) is 4.56. The number of amides is 2. The number of hydrogen-bond acceptors (Lipinski definition) is 3. The molecule has 3 fully saturated rings. The number of likely N-dealkylation sites (tertiary alicyclic amines) is 1. The molecule has 5 nitrogen and oxygen atoms in total. The van der Waals surface area contributed by atoms with Crippen molar-refractivity contribution in [3.8, 4) is 0 Å². The monoisotopic (exact) mass is 266 g/mol. The SMILES string of the molecule is O=C(NC1CC(O)C1)C1CCN(C(=O)C2CC2)CC1. The maximum absolute atomic E-state index is 12.0. The van der Waals surface area contributed by atoms with Gasteiger partial charge in [0, 0.05) is 31.0 Å². The molecule has 1 saturated heterocycles. The Balaban J connectivity index is 1.41. The fraction of sp³-hybridized carbons (Fsp3) is 0.857. The standard InChI is InChI=1S/C14H22N2O3/c17-12-7-11(8-12)15-13(18)9-3-5-16(6-4-9)14(19)10-1-2-10/h9-12,17H,1-8H2,(H,15,18). The summed E-state index contributed by atoms with van der Waals surface area (Å²) in [5.41, 5.74) is 0. The first kappa shape index (κ1) is 12.9. The van der Waals surface area contributed by atoms with Crippen molar-refractivity contribution >= 4 is 11.8 Å². The number of aliphatic hydroxyl groups excluding tert-OH is 1. The Morgan fingerprint density at radius 3 is 2.16 bits per heavy atom. The van der Waals surface area contributed by atoms with Crippen molar-refractivity contribution in [1.29, 1.82) is 0 Å². The Hall–Kier alpha value is -1.10. The van der Waals surface area contributed by atoms with E-state index >= 15 is 0 Å². The van der Waals surface area contributed by atoms with Crippen LogP contribution < -0.4 is 5.32 Å². The molecule has 0 spiro atoms. The Bertz CT molecular complexity index is 367. The molecular weight excluding hydrogens is 244 g/mol. The quantitative estimate of drug-likeness (QED) is 0.770. The molecule has 106 valence electrons. The lowest BCUT2D eigenvalue weighted by Gasteiger charge is -2.35. The molecule has 2 amide bonds. The smallest absolute Gasteiger partial charge is 0.225 e. The van der Waals surface area contributed by atoms with Gasteiger partial charge in [-0.2, -0.15) is 0 Å². The van der Waals surface area contributed by atoms with Crippen LogP contribution >= 0.6 is 0 Å². The van der Waals surface area contributed by atoms with Crippen LogP contribution in [0.2, 0.25) is 0 Å². The molecule has 0 bridgehead atoms. The van der Waals surface area contributed by atoms with Crippen molar-refractivity contribution in [1.82, 2.24) is 10.2 Å². The number of nitrogens with one attached hydrogen (secondary N) is 1. The van der Waals surface area contributed by atoms with Crippen molar-refractivity contribution in [3.63, 3.8) is 0 Å². The molecule has 2 saturated carbocycles. The van der Waals surface area contributed by atoms with Gasteiger partial charge in [0.25, 0.3) is 0 Å². The highest BCUT2D eigenvalue weighted by Crippen LogP contribution is 2.32. The molecule has 0 aromatic carbocycles. The molecule has 1 aliphatic heterocycles. The number of carbonyl (C=O) groups excluding carboxylic acids is 2. The number of hydrogen-bond donors (Lipinski definition) is 2. The highest BCUT2D eigenvalue weighted by molar-refractivity contribution is 5.82. The van der Waals surface area contributed by atoms with Crippen LogP contribution in [0.4, 0.5) is 0 Å². The van der Waals surface area contributed by atoms with Gasteiger partial charge in [0.1, 0.15) is 0 Å². The van der Waals surface area contributed by atoms with Gasteiger partial charge in [0.15, 0.2) is 0 Å². The molecule has 3 rings (SSSR count). The van der Waals surface area contributed by atoms with Gasteiger partial charge < -0.3 is 15.3 Å². The maximum Gasteiger partial charge on any atom is 0.225 e. The zero-order chi connectivity index (χ0) is 13.4. The Kier molecular flexibility index (Phi) is 3.48. The van der Waals surface area contributed by atoms with Gasteiger partial charge in [-0.05, 0) is 38.5 Å². The van der Waals surface area contributed by atoms with E-state index < -0.39 is 0 Å². The molecule has 5 heteroatoms. The molecule has 2 N–H and O–H groups in total. The van der Waals surface area contributed by atoms with Crippen LogP contribution in [0.25, 0.3) is 0 Å². The summed E-state index contributed by atoms with van der Waals surface area (Å²) in [5, 5.41) is 12.2. The Morgan fingerprint density at radius 1 is 1.00 bits per heavy atom. The van der Waals surface area contributed by atoms with Crippen molar-refractivity contribution in [3.05, 3.63) is 0 Å². The third kappa shape index (κ3) is 2.91. The third-order valence-electron chi connectivity index (χ3n) is 4.56. The van der Waals surface area contributed by atoms with E-state index in [1.165, 1.54) is 0 Å². The Labute approximate surface area is 113 Å². The molecule has 0 aromatic heterocycles. The van der Waals surface area contributed by atoms with Crippen LogP contribution in [0, 0.1) is 11.8 Å². The van der Waals surface area contributed by atoms with Crippen LogP contribution in [0.5, 0.6) is 0 Å². The van der Waals surface area contributed by atoms with E-state index in [4.69, 9.17) is 0 Å². The summed E-state index contributed by atoms with van der Waals surface area (Å²) in [5.74, 6) is 0.722. The summed E-state index contributed by atoms with van der Waals surface area (Å²) in [6, 6.07) is 0.161. The predicted octanol–water partition coefficient (Wildman–Crippen LogP) is 0.274. The minimum Gasteiger partial charge on any atom is -0.393 e. The predicted molar refractivity (Wildman–Crippen MR) is 69.2 cm³/mol. The summed E-state index contributed by atoms with van der Waals surface area (Å²) in [6.45, 7) is 1.45. The van der Waals surface area contributed by atoms with Crippen molar-refractivity contribution in [2.45, 2.75) is 50.7 Å². The van der Waals surface area contributed by atoms with Gasteiger partial charge in [-0.25, -0.2) is 0 Å². The summed E-state index contributed by atoms with van der Waals surface area (Å²) in [4.78, 5) is 25.9. The van der Waals surface area contributed by atoms with E-state index in [0.29, 0.717) is 18.7 Å². The fourth-order valence-corrected chi connectivity index (χ4v) is 2.98. The van der Waals surface area contributed by atoms with E-state index in [9.17, 15) is 14.7 Å². The minimum atomic E-state index is -0.233. The normalized spacial score (nSPS) is 31.7. The van der Waals surface area contributed by atoms with Crippen LogP contribution in [-0.2, 0) is 9.59 Å². The zero-order valence-corrected chi connectivity index (χ0v) is 11.2. The number of piperidine rings is 1. The van der Waals surface area contributed by atoms with Crippen molar-refractivity contribution in [2.24, 2.45) is 11.8 Å². The lowest BCUT2D eigenvalue weighted by Crippen LogP contribution is -2.50. The van der Waals surface area contributed by atoms with E-state index in [1.807, 2.05) is 4.90 Å². The lowest BCUT2D eigenvalue weighted by atomic mass is 9.88.